The van der Waals surface area contributed by atoms with Crippen molar-refractivity contribution in [2.75, 3.05) is 23.3 Å². The number of pyridine rings is 1. The average Bonchev–Trinajstić information content (AvgIpc) is 2.51. The quantitative estimate of drug-likeness (QED) is 0.649. The molecule has 0 aliphatic heterocycles. The summed E-state index contributed by atoms with van der Waals surface area (Å²) < 4.78 is 0. The third-order valence-corrected chi connectivity index (χ3v) is 3.23. The van der Waals surface area contributed by atoms with Gasteiger partial charge in [0.1, 0.15) is 12.0 Å². The van der Waals surface area contributed by atoms with Crippen LogP contribution in [0.1, 0.15) is 13.8 Å². The maximum Gasteiger partial charge on any atom is 0.287 e. The van der Waals surface area contributed by atoms with Crippen LogP contribution in [0.5, 0.6) is 0 Å². The molecule has 0 aliphatic rings. The zero-order valence-electron chi connectivity index (χ0n) is 12.1. The van der Waals surface area contributed by atoms with Crippen molar-refractivity contribution in [2.45, 2.75) is 13.8 Å². The fourth-order valence-electron chi connectivity index (χ4n) is 2.06. The van der Waals surface area contributed by atoms with Crippen molar-refractivity contribution in [3.05, 3.63) is 52.7 Å². The molecule has 0 saturated heterocycles. The van der Waals surface area contributed by atoms with E-state index >= 15 is 0 Å². The third-order valence-electron chi connectivity index (χ3n) is 3.23. The van der Waals surface area contributed by atoms with Gasteiger partial charge in [-0.05, 0) is 44.2 Å². The summed E-state index contributed by atoms with van der Waals surface area (Å²) in [5, 5.41) is 13.7. The number of nitrogens with zero attached hydrogens (tertiary/aromatic N) is 3. The molecule has 1 heterocycles. The summed E-state index contributed by atoms with van der Waals surface area (Å²) >= 11 is 0. The van der Waals surface area contributed by atoms with Crippen molar-refractivity contribution < 1.29 is 4.92 Å². The molecule has 6 nitrogen and oxygen atoms in total. The Hall–Kier alpha value is -2.63. The Morgan fingerprint density at radius 1 is 1.14 bits per heavy atom. The standard InChI is InChI=1S/C15H18N4O2/c1-3-18(4-2)13-7-5-12(6-8-13)17-15-10-9-14(11-16-15)19(20)21/h5-11H,3-4H2,1-2H3,(H,16,17). The van der Waals surface area contributed by atoms with Crippen LogP contribution in [0.2, 0.25) is 0 Å². The van der Waals surface area contributed by atoms with E-state index in [2.05, 4.69) is 29.0 Å². The Balaban J connectivity index is 2.07. The van der Waals surface area contributed by atoms with Gasteiger partial charge in [0.15, 0.2) is 0 Å². The van der Waals surface area contributed by atoms with Crippen molar-refractivity contribution in [2.24, 2.45) is 0 Å². The number of nitrogens with one attached hydrogen (secondary N) is 1. The first kappa shape index (κ1) is 14.8. The van der Waals surface area contributed by atoms with Gasteiger partial charge in [0.25, 0.3) is 5.69 Å². The average molecular weight is 286 g/mol. The molecule has 0 atom stereocenters. The minimum atomic E-state index is -0.463. The van der Waals surface area contributed by atoms with E-state index in [0.717, 1.165) is 18.8 Å². The number of hydrogen-bond acceptors (Lipinski definition) is 5. The lowest BCUT2D eigenvalue weighted by Gasteiger charge is -2.21. The molecule has 6 heteroatoms. The summed E-state index contributed by atoms with van der Waals surface area (Å²) in [6.45, 7) is 6.17. The molecular weight excluding hydrogens is 268 g/mol. The second-order valence-electron chi connectivity index (χ2n) is 4.50. The smallest absolute Gasteiger partial charge is 0.287 e. The molecule has 0 fully saturated rings. The molecule has 1 aromatic carbocycles. The molecule has 0 bridgehead atoms. The summed E-state index contributed by atoms with van der Waals surface area (Å²) in [5.41, 5.74) is 2.05. The highest BCUT2D eigenvalue weighted by Crippen LogP contribution is 2.21. The van der Waals surface area contributed by atoms with Crippen LogP contribution in [0.25, 0.3) is 0 Å². The monoisotopic (exact) mass is 286 g/mol. The molecule has 2 aromatic rings. The van der Waals surface area contributed by atoms with Gasteiger partial charge in [-0.25, -0.2) is 4.98 Å². The van der Waals surface area contributed by atoms with E-state index in [4.69, 9.17) is 0 Å². The molecule has 0 aliphatic carbocycles. The van der Waals surface area contributed by atoms with Crippen LogP contribution in [0.4, 0.5) is 22.9 Å². The molecule has 21 heavy (non-hydrogen) atoms. The van der Waals surface area contributed by atoms with Gasteiger partial charge >= 0.3 is 0 Å². The van der Waals surface area contributed by atoms with E-state index < -0.39 is 4.92 Å². The molecule has 1 N–H and O–H groups in total. The summed E-state index contributed by atoms with van der Waals surface area (Å²) in [6, 6.07) is 11.0. The number of nitro groups is 1. The Labute approximate surface area is 123 Å². The number of hydrogen-bond donors (Lipinski definition) is 1. The molecule has 0 saturated carbocycles. The van der Waals surface area contributed by atoms with Crippen LogP contribution in [0.3, 0.4) is 0 Å². The maximum atomic E-state index is 10.6. The zero-order valence-corrected chi connectivity index (χ0v) is 12.1. The first-order valence-corrected chi connectivity index (χ1v) is 6.86. The van der Waals surface area contributed by atoms with E-state index in [9.17, 15) is 10.1 Å². The largest absolute Gasteiger partial charge is 0.372 e. The maximum absolute atomic E-state index is 10.6. The van der Waals surface area contributed by atoms with Gasteiger partial charge in [-0.1, -0.05) is 0 Å². The Kier molecular flexibility index (Phi) is 4.71. The Morgan fingerprint density at radius 3 is 2.29 bits per heavy atom. The molecule has 0 radical (unpaired) electrons. The van der Waals surface area contributed by atoms with Crippen LogP contribution >= 0.6 is 0 Å². The molecule has 0 spiro atoms. The normalized spacial score (nSPS) is 10.2. The van der Waals surface area contributed by atoms with Crippen molar-refractivity contribution in [1.29, 1.82) is 0 Å². The predicted octanol–water partition coefficient (Wildman–Crippen LogP) is 3.58. The number of rotatable bonds is 6. The van der Waals surface area contributed by atoms with E-state index in [1.165, 1.54) is 18.0 Å². The van der Waals surface area contributed by atoms with Crippen molar-refractivity contribution >= 4 is 22.9 Å². The van der Waals surface area contributed by atoms with Gasteiger partial charge in [0.2, 0.25) is 0 Å². The van der Waals surface area contributed by atoms with Gasteiger partial charge in [0, 0.05) is 30.5 Å². The molecule has 0 amide bonds. The summed E-state index contributed by atoms with van der Waals surface area (Å²) in [4.78, 5) is 16.4. The van der Waals surface area contributed by atoms with Crippen molar-refractivity contribution in [3.8, 4) is 0 Å². The minimum Gasteiger partial charge on any atom is -0.372 e. The SMILES string of the molecule is CCN(CC)c1ccc(Nc2ccc([N+](=O)[O-])cn2)cc1. The van der Waals surface area contributed by atoms with Gasteiger partial charge in [-0.3, -0.25) is 10.1 Å². The molecule has 0 unspecified atom stereocenters. The van der Waals surface area contributed by atoms with E-state index in [-0.39, 0.29) is 5.69 Å². The van der Waals surface area contributed by atoms with Crippen LogP contribution in [-0.4, -0.2) is 23.0 Å². The highest BCUT2D eigenvalue weighted by Gasteiger charge is 2.06. The Morgan fingerprint density at radius 2 is 1.81 bits per heavy atom. The highest BCUT2D eigenvalue weighted by molar-refractivity contribution is 5.61. The minimum absolute atomic E-state index is 0.0163. The van der Waals surface area contributed by atoms with Crippen molar-refractivity contribution in [1.82, 2.24) is 4.98 Å². The number of aromatic nitrogens is 1. The lowest BCUT2D eigenvalue weighted by atomic mass is 10.2. The second-order valence-corrected chi connectivity index (χ2v) is 4.50. The van der Waals surface area contributed by atoms with Gasteiger partial charge in [0.05, 0.1) is 4.92 Å². The summed E-state index contributed by atoms with van der Waals surface area (Å²) in [5.74, 6) is 0.580. The molecule has 2 rings (SSSR count). The topological polar surface area (TPSA) is 71.3 Å². The zero-order chi connectivity index (χ0) is 15.2. The van der Waals surface area contributed by atoms with Crippen LogP contribution in [0, 0.1) is 10.1 Å². The fraction of sp³-hybridized carbons (Fsp3) is 0.267. The molecular formula is C15H18N4O2. The lowest BCUT2D eigenvalue weighted by molar-refractivity contribution is -0.385. The first-order valence-electron chi connectivity index (χ1n) is 6.86. The fourth-order valence-corrected chi connectivity index (χ4v) is 2.06. The molecule has 1 aromatic heterocycles. The van der Waals surface area contributed by atoms with E-state index in [0.29, 0.717) is 5.82 Å². The van der Waals surface area contributed by atoms with Crippen molar-refractivity contribution in [3.63, 3.8) is 0 Å². The number of benzene rings is 1. The third kappa shape index (κ3) is 3.68. The number of anilines is 3. The predicted molar refractivity (Wildman–Crippen MR) is 84.2 cm³/mol. The Bertz CT molecular complexity index is 592. The van der Waals surface area contributed by atoms with Crippen LogP contribution < -0.4 is 10.2 Å². The first-order chi connectivity index (χ1) is 10.1. The lowest BCUT2D eigenvalue weighted by Crippen LogP contribution is -2.21. The van der Waals surface area contributed by atoms with Gasteiger partial charge < -0.3 is 10.2 Å². The summed E-state index contributed by atoms with van der Waals surface area (Å²) in [6.07, 6.45) is 1.24. The highest BCUT2D eigenvalue weighted by atomic mass is 16.6. The van der Waals surface area contributed by atoms with Crippen LogP contribution in [-0.2, 0) is 0 Å². The van der Waals surface area contributed by atoms with Gasteiger partial charge in [-0.2, -0.15) is 0 Å². The summed E-state index contributed by atoms with van der Waals surface area (Å²) in [7, 11) is 0. The van der Waals surface area contributed by atoms with E-state index in [1.54, 1.807) is 6.07 Å². The van der Waals surface area contributed by atoms with Gasteiger partial charge in [-0.15, -0.1) is 0 Å². The molecule has 110 valence electrons. The van der Waals surface area contributed by atoms with Crippen LogP contribution in [0.15, 0.2) is 42.6 Å². The van der Waals surface area contributed by atoms with E-state index in [1.807, 2.05) is 24.3 Å². The second kappa shape index (κ2) is 6.69.